The second-order valence-electron chi connectivity index (χ2n) is 4.61. The molecule has 2 aromatic rings. The predicted octanol–water partition coefficient (Wildman–Crippen LogP) is 2.95. The van der Waals surface area contributed by atoms with E-state index in [2.05, 4.69) is 4.99 Å². The second kappa shape index (κ2) is 5.13. The molecule has 1 aliphatic rings. The number of benzene rings is 2. The third kappa shape index (κ3) is 2.26. The van der Waals surface area contributed by atoms with Crippen LogP contribution in [0.3, 0.4) is 0 Å². The zero-order chi connectivity index (χ0) is 13.9. The van der Waals surface area contributed by atoms with Gasteiger partial charge in [-0.25, -0.2) is 4.99 Å². The number of carbonyl (C=O) groups is 1. The molecule has 3 heteroatoms. The molecule has 20 heavy (non-hydrogen) atoms. The summed E-state index contributed by atoms with van der Waals surface area (Å²) in [6, 6.07) is 19.5. The van der Waals surface area contributed by atoms with Crippen LogP contribution in [-0.2, 0) is 4.79 Å². The van der Waals surface area contributed by atoms with E-state index in [-0.39, 0.29) is 5.91 Å². The van der Waals surface area contributed by atoms with Gasteiger partial charge in [-0.1, -0.05) is 60.7 Å². The lowest BCUT2D eigenvalue weighted by atomic mass is 10.2. The van der Waals surface area contributed by atoms with E-state index >= 15 is 0 Å². The Labute approximate surface area is 117 Å². The van der Waals surface area contributed by atoms with Crippen molar-refractivity contribution in [3.63, 3.8) is 0 Å². The van der Waals surface area contributed by atoms with E-state index in [1.165, 1.54) is 0 Å². The molecule has 0 bridgehead atoms. The maximum absolute atomic E-state index is 12.2. The molecule has 1 heterocycles. The van der Waals surface area contributed by atoms with E-state index in [1.54, 1.807) is 11.9 Å². The van der Waals surface area contributed by atoms with Crippen molar-refractivity contribution in [1.29, 1.82) is 0 Å². The summed E-state index contributed by atoms with van der Waals surface area (Å²) in [6.07, 6.45) is 1.81. The minimum absolute atomic E-state index is 0.0762. The Morgan fingerprint density at radius 3 is 2.20 bits per heavy atom. The van der Waals surface area contributed by atoms with Gasteiger partial charge in [-0.3, -0.25) is 9.69 Å². The van der Waals surface area contributed by atoms with Crippen LogP contribution in [0, 0.1) is 0 Å². The summed E-state index contributed by atoms with van der Waals surface area (Å²) in [5.41, 5.74) is 2.39. The Morgan fingerprint density at radius 2 is 1.55 bits per heavy atom. The molecule has 0 saturated heterocycles. The maximum Gasteiger partial charge on any atom is 0.277 e. The quantitative estimate of drug-likeness (QED) is 0.766. The number of carbonyl (C=O) groups excluding carboxylic acids is 1. The highest BCUT2D eigenvalue weighted by Gasteiger charge is 2.27. The molecule has 0 unspecified atom stereocenters. The summed E-state index contributed by atoms with van der Waals surface area (Å²) >= 11 is 0. The van der Waals surface area contributed by atoms with Crippen LogP contribution in [0.1, 0.15) is 11.1 Å². The Bertz CT molecular complexity index is 687. The molecule has 1 amide bonds. The first-order valence-corrected chi connectivity index (χ1v) is 6.44. The molecule has 2 aromatic carbocycles. The van der Waals surface area contributed by atoms with E-state index in [9.17, 15) is 4.79 Å². The third-order valence-corrected chi connectivity index (χ3v) is 3.20. The molecule has 0 spiro atoms. The van der Waals surface area contributed by atoms with E-state index < -0.39 is 0 Å². The van der Waals surface area contributed by atoms with Crippen molar-refractivity contribution >= 4 is 17.8 Å². The van der Waals surface area contributed by atoms with Gasteiger partial charge in [0.2, 0.25) is 0 Å². The molecular weight excluding hydrogens is 248 g/mol. The van der Waals surface area contributed by atoms with Crippen LogP contribution in [0.2, 0.25) is 0 Å². The fraction of sp³-hybridized carbons (Fsp3) is 0.0588. The van der Waals surface area contributed by atoms with Crippen molar-refractivity contribution in [1.82, 2.24) is 4.90 Å². The molecule has 1 aliphatic heterocycles. The topological polar surface area (TPSA) is 32.7 Å². The average Bonchev–Trinajstić information content (AvgIpc) is 2.78. The molecular formula is C17H14N2O. The van der Waals surface area contributed by atoms with Crippen LogP contribution in [0.5, 0.6) is 0 Å². The highest BCUT2D eigenvalue weighted by molar-refractivity contribution is 6.19. The zero-order valence-electron chi connectivity index (χ0n) is 11.2. The molecule has 0 fully saturated rings. The first-order chi connectivity index (χ1) is 9.75. The molecule has 98 valence electrons. The van der Waals surface area contributed by atoms with E-state index in [1.807, 2.05) is 66.7 Å². The number of hydrogen-bond donors (Lipinski definition) is 0. The van der Waals surface area contributed by atoms with Crippen molar-refractivity contribution in [2.45, 2.75) is 0 Å². The van der Waals surface area contributed by atoms with E-state index in [0.717, 1.165) is 11.1 Å². The van der Waals surface area contributed by atoms with Crippen molar-refractivity contribution in [2.75, 3.05) is 7.05 Å². The molecule has 0 atom stereocenters. The van der Waals surface area contributed by atoms with Crippen molar-refractivity contribution in [3.8, 4) is 0 Å². The molecule has 3 nitrogen and oxygen atoms in total. The fourth-order valence-corrected chi connectivity index (χ4v) is 2.15. The number of likely N-dealkylation sites (N-methyl/N-ethyl adjacent to an activating group) is 1. The number of rotatable bonds is 2. The van der Waals surface area contributed by atoms with Crippen molar-refractivity contribution in [3.05, 3.63) is 77.5 Å². The SMILES string of the molecule is CN1C(=O)/C(=C/c2ccccc2)N=C1c1ccccc1. The van der Waals surface area contributed by atoms with Gasteiger partial charge in [-0.2, -0.15) is 0 Å². The molecule has 3 rings (SSSR count). The standard InChI is InChI=1S/C17H14N2O/c1-19-16(14-10-6-3-7-11-14)18-15(17(19)20)12-13-8-4-2-5-9-13/h2-12H,1H3/b15-12-. The van der Waals surface area contributed by atoms with Crippen LogP contribution in [0.4, 0.5) is 0 Å². The highest BCUT2D eigenvalue weighted by Crippen LogP contribution is 2.20. The normalized spacial score (nSPS) is 16.6. The number of nitrogens with zero attached hydrogens (tertiary/aromatic N) is 2. The Balaban J connectivity index is 2.00. The van der Waals surface area contributed by atoms with E-state index in [0.29, 0.717) is 11.5 Å². The fourth-order valence-electron chi connectivity index (χ4n) is 2.15. The lowest BCUT2D eigenvalue weighted by Crippen LogP contribution is -2.28. The van der Waals surface area contributed by atoms with Gasteiger partial charge in [0.15, 0.2) is 0 Å². The Kier molecular flexibility index (Phi) is 3.17. The second-order valence-corrected chi connectivity index (χ2v) is 4.61. The van der Waals surface area contributed by atoms with Gasteiger partial charge < -0.3 is 0 Å². The Morgan fingerprint density at radius 1 is 0.950 bits per heavy atom. The molecule has 0 radical (unpaired) electrons. The lowest BCUT2D eigenvalue weighted by molar-refractivity contribution is -0.121. The highest BCUT2D eigenvalue weighted by atomic mass is 16.2. The van der Waals surface area contributed by atoms with Gasteiger partial charge in [0.05, 0.1) is 0 Å². The van der Waals surface area contributed by atoms with Crippen LogP contribution in [-0.4, -0.2) is 23.7 Å². The summed E-state index contributed by atoms with van der Waals surface area (Å²) in [5.74, 6) is 0.616. The van der Waals surface area contributed by atoms with Crippen LogP contribution >= 0.6 is 0 Å². The monoisotopic (exact) mass is 262 g/mol. The first-order valence-electron chi connectivity index (χ1n) is 6.44. The van der Waals surface area contributed by atoms with Gasteiger partial charge in [-0.05, 0) is 11.6 Å². The third-order valence-electron chi connectivity index (χ3n) is 3.20. The first kappa shape index (κ1) is 12.4. The zero-order valence-corrected chi connectivity index (χ0v) is 11.2. The maximum atomic E-state index is 12.2. The van der Waals surface area contributed by atoms with Gasteiger partial charge in [-0.15, -0.1) is 0 Å². The number of hydrogen-bond acceptors (Lipinski definition) is 2. The van der Waals surface area contributed by atoms with Crippen LogP contribution in [0.15, 0.2) is 71.4 Å². The minimum Gasteiger partial charge on any atom is -0.294 e. The summed E-state index contributed by atoms with van der Waals surface area (Å²) in [7, 11) is 1.75. The summed E-state index contributed by atoms with van der Waals surface area (Å²) in [6.45, 7) is 0. The summed E-state index contributed by atoms with van der Waals surface area (Å²) in [4.78, 5) is 18.3. The van der Waals surface area contributed by atoms with Gasteiger partial charge >= 0.3 is 0 Å². The lowest BCUT2D eigenvalue weighted by Gasteiger charge is -2.11. The van der Waals surface area contributed by atoms with Gasteiger partial charge in [0, 0.05) is 12.6 Å². The molecule has 0 aromatic heterocycles. The summed E-state index contributed by atoms with van der Waals surface area (Å²) in [5, 5.41) is 0. The van der Waals surface area contributed by atoms with Crippen molar-refractivity contribution < 1.29 is 4.79 Å². The van der Waals surface area contributed by atoms with Gasteiger partial charge in [0.25, 0.3) is 5.91 Å². The Hall–Kier alpha value is -2.68. The minimum atomic E-state index is -0.0762. The number of amidine groups is 1. The number of amides is 1. The van der Waals surface area contributed by atoms with Gasteiger partial charge in [0.1, 0.15) is 11.5 Å². The largest absolute Gasteiger partial charge is 0.294 e. The predicted molar refractivity (Wildman–Crippen MR) is 80.2 cm³/mol. The smallest absolute Gasteiger partial charge is 0.277 e. The molecule has 0 saturated carbocycles. The summed E-state index contributed by atoms with van der Waals surface area (Å²) < 4.78 is 0. The average molecular weight is 262 g/mol. The van der Waals surface area contributed by atoms with E-state index in [4.69, 9.17) is 0 Å². The van der Waals surface area contributed by atoms with Crippen LogP contribution < -0.4 is 0 Å². The van der Waals surface area contributed by atoms with Crippen molar-refractivity contribution in [2.24, 2.45) is 4.99 Å². The molecule has 0 N–H and O–H groups in total. The van der Waals surface area contributed by atoms with Crippen LogP contribution in [0.25, 0.3) is 6.08 Å². The molecule has 0 aliphatic carbocycles. The number of aliphatic imine (C=N–C) groups is 1.